The van der Waals surface area contributed by atoms with Crippen molar-refractivity contribution in [2.24, 2.45) is 5.73 Å². The van der Waals surface area contributed by atoms with Crippen LogP contribution < -0.4 is 5.73 Å². The third-order valence-corrected chi connectivity index (χ3v) is 1.76. The van der Waals surface area contributed by atoms with E-state index >= 15 is 0 Å². The van der Waals surface area contributed by atoms with Crippen molar-refractivity contribution in [3.05, 3.63) is 0 Å². The van der Waals surface area contributed by atoms with Crippen LogP contribution in [0.5, 0.6) is 0 Å². The van der Waals surface area contributed by atoms with E-state index in [2.05, 4.69) is 0 Å². The maximum absolute atomic E-state index is 11.0. The molecule has 0 fully saturated rings. The number of Topliss-reactive ketones (excluding diaryl/α,β-unsaturated/α-hetero) is 1. The van der Waals surface area contributed by atoms with Gasteiger partial charge in [0, 0.05) is 12.6 Å². The smallest absolute Gasteiger partial charge is 0.160 e. The molecule has 0 spiro atoms. The van der Waals surface area contributed by atoms with Crippen molar-refractivity contribution in [3.63, 3.8) is 0 Å². The molecule has 0 aliphatic rings. The summed E-state index contributed by atoms with van der Waals surface area (Å²) in [6.07, 6.45) is 1.41. The minimum Gasteiger partial charge on any atom is -0.369 e. The molecule has 0 aromatic carbocycles. The zero-order valence-corrected chi connectivity index (χ0v) is 8.17. The Morgan fingerprint density at radius 1 is 1.50 bits per heavy atom. The van der Waals surface area contributed by atoms with Gasteiger partial charge in [-0.1, -0.05) is 13.3 Å². The van der Waals surface area contributed by atoms with Crippen molar-refractivity contribution < 1.29 is 9.53 Å². The fourth-order valence-corrected chi connectivity index (χ4v) is 1.21. The molecule has 0 amide bonds. The Labute approximate surface area is 74.3 Å². The summed E-state index contributed by atoms with van der Waals surface area (Å²) in [6, 6.07) is -0.146. The highest BCUT2D eigenvalue weighted by Crippen LogP contribution is 2.04. The van der Waals surface area contributed by atoms with E-state index in [4.69, 9.17) is 10.5 Å². The highest BCUT2D eigenvalue weighted by molar-refractivity contribution is 5.81. The molecular weight excluding hydrogens is 154 g/mol. The lowest BCUT2D eigenvalue weighted by molar-refractivity contribution is -0.129. The Hall–Kier alpha value is -0.410. The van der Waals surface area contributed by atoms with Crippen molar-refractivity contribution in [1.82, 2.24) is 0 Å². The fourth-order valence-electron chi connectivity index (χ4n) is 1.21. The Bertz CT molecular complexity index is 136. The van der Waals surface area contributed by atoms with Gasteiger partial charge in [-0.2, -0.15) is 0 Å². The highest BCUT2D eigenvalue weighted by Gasteiger charge is 2.21. The van der Waals surface area contributed by atoms with Crippen LogP contribution in [-0.2, 0) is 9.53 Å². The molecule has 0 aromatic rings. The first-order valence-corrected chi connectivity index (χ1v) is 4.51. The molecule has 0 aromatic heterocycles. The molecule has 3 heteroatoms. The number of rotatable bonds is 6. The van der Waals surface area contributed by atoms with Crippen LogP contribution in [0.1, 0.15) is 33.6 Å². The molecule has 0 radical (unpaired) electrons. The number of ether oxygens (including phenoxy) is 1. The topological polar surface area (TPSA) is 52.3 Å². The highest BCUT2D eigenvalue weighted by atomic mass is 16.5. The number of nitrogens with two attached hydrogens (primary N) is 1. The number of carbonyl (C=O) groups excluding carboxylic acids is 1. The van der Waals surface area contributed by atoms with Crippen LogP contribution in [0.4, 0.5) is 0 Å². The minimum absolute atomic E-state index is 0.0257. The van der Waals surface area contributed by atoms with Gasteiger partial charge in [0.1, 0.15) is 6.10 Å². The molecule has 0 rings (SSSR count). The van der Waals surface area contributed by atoms with Crippen LogP contribution in [0.2, 0.25) is 0 Å². The standard InChI is InChI=1S/C9H19NO2/c1-4-6-8(10)9(7(3)11)12-5-2/h8-9H,4-6,10H2,1-3H3/t8-,9-/m0/s1. The molecule has 0 bridgehead atoms. The lowest BCUT2D eigenvalue weighted by Gasteiger charge is -2.20. The Balaban J connectivity index is 3.99. The average Bonchev–Trinajstić information content (AvgIpc) is 1.99. The molecule has 3 nitrogen and oxygen atoms in total. The summed E-state index contributed by atoms with van der Waals surface area (Å²) in [5, 5.41) is 0. The van der Waals surface area contributed by atoms with Gasteiger partial charge in [-0.05, 0) is 20.3 Å². The molecule has 12 heavy (non-hydrogen) atoms. The van der Waals surface area contributed by atoms with Crippen LogP contribution in [0.15, 0.2) is 0 Å². The molecule has 0 unspecified atom stereocenters. The van der Waals surface area contributed by atoms with E-state index in [0.717, 1.165) is 12.8 Å². The first-order chi connectivity index (χ1) is 5.63. The number of carbonyl (C=O) groups is 1. The van der Waals surface area contributed by atoms with Crippen molar-refractivity contribution in [3.8, 4) is 0 Å². The monoisotopic (exact) mass is 173 g/mol. The van der Waals surface area contributed by atoms with Gasteiger partial charge in [-0.25, -0.2) is 0 Å². The second-order valence-corrected chi connectivity index (χ2v) is 2.94. The first kappa shape index (κ1) is 11.6. The van der Waals surface area contributed by atoms with Crippen LogP contribution in [-0.4, -0.2) is 24.5 Å². The Morgan fingerprint density at radius 2 is 2.08 bits per heavy atom. The first-order valence-electron chi connectivity index (χ1n) is 4.51. The Kier molecular flexibility index (Phi) is 5.93. The summed E-state index contributed by atoms with van der Waals surface area (Å²) in [7, 11) is 0. The van der Waals surface area contributed by atoms with E-state index in [1.165, 1.54) is 6.92 Å². The van der Waals surface area contributed by atoms with Crippen LogP contribution >= 0.6 is 0 Å². The van der Waals surface area contributed by atoms with E-state index < -0.39 is 6.10 Å². The summed E-state index contributed by atoms with van der Waals surface area (Å²) >= 11 is 0. The largest absolute Gasteiger partial charge is 0.369 e. The van der Waals surface area contributed by atoms with Crippen LogP contribution in [0.25, 0.3) is 0 Å². The summed E-state index contributed by atoms with van der Waals surface area (Å²) in [6.45, 7) is 5.98. The molecule has 0 aliphatic carbocycles. The number of hydrogen-bond acceptors (Lipinski definition) is 3. The van der Waals surface area contributed by atoms with E-state index in [0.29, 0.717) is 6.61 Å². The third kappa shape index (κ3) is 3.83. The predicted octanol–water partition coefficient (Wildman–Crippen LogP) is 1.11. The lowest BCUT2D eigenvalue weighted by Crippen LogP contribution is -2.41. The zero-order valence-electron chi connectivity index (χ0n) is 8.17. The summed E-state index contributed by atoms with van der Waals surface area (Å²) in [5.41, 5.74) is 5.77. The zero-order chi connectivity index (χ0) is 9.56. The van der Waals surface area contributed by atoms with Gasteiger partial charge in [-0.15, -0.1) is 0 Å². The predicted molar refractivity (Wildman–Crippen MR) is 49.0 cm³/mol. The van der Waals surface area contributed by atoms with Gasteiger partial charge in [-0.3, -0.25) is 4.79 Å². The number of ketones is 1. The molecular formula is C9H19NO2. The minimum atomic E-state index is -0.407. The lowest BCUT2D eigenvalue weighted by atomic mass is 10.0. The molecule has 72 valence electrons. The Morgan fingerprint density at radius 3 is 2.42 bits per heavy atom. The van der Waals surface area contributed by atoms with Crippen LogP contribution in [0, 0.1) is 0 Å². The van der Waals surface area contributed by atoms with Gasteiger partial charge >= 0.3 is 0 Å². The quantitative estimate of drug-likeness (QED) is 0.654. The maximum Gasteiger partial charge on any atom is 0.160 e. The van der Waals surface area contributed by atoms with Crippen LogP contribution in [0.3, 0.4) is 0 Å². The molecule has 2 N–H and O–H groups in total. The normalized spacial score (nSPS) is 15.7. The van der Waals surface area contributed by atoms with Gasteiger partial charge in [0.05, 0.1) is 0 Å². The van der Waals surface area contributed by atoms with Gasteiger partial charge in [0.2, 0.25) is 0 Å². The third-order valence-electron chi connectivity index (χ3n) is 1.76. The molecule has 0 saturated heterocycles. The summed E-state index contributed by atoms with van der Waals surface area (Å²) < 4.78 is 5.24. The van der Waals surface area contributed by atoms with E-state index in [1.54, 1.807) is 0 Å². The van der Waals surface area contributed by atoms with Crippen molar-refractivity contribution >= 4 is 5.78 Å². The summed E-state index contributed by atoms with van der Waals surface area (Å²) in [5.74, 6) is 0.0257. The SMILES string of the molecule is CCC[C@H](N)[C@@H](OCC)C(C)=O. The molecule has 2 atom stereocenters. The fraction of sp³-hybridized carbons (Fsp3) is 0.889. The number of hydrogen-bond donors (Lipinski definition) is 1. The van der Waals surface area contributed by atoms with Crippen molar-refractivity contribution in [1.29, 1.82) is 0 Å². The molecule has 0 saturated carbocycles. The van der Waals surface area contributed by atoms with Crippen molar-refractivity contribution in [2.75, 3.05) is 6.61 Å². The summed E-state index contributed by atoms with van der Waals surface area (Å²) in [4.78, 5) is 11.0. The average molecular weight is 173 g/mol. The van der Waals surface area contributed by atoms with E-state index in [9.17, 15) is 4.79 Å². The van der Waals surface area contributed by atoms with E-state index in [-0.39, 0.29) is 11.8 Å². The molecule has 0 aliphatic heterocycles. The van der Waals surface area contributed by atoms with Gasteiger partial charge in [0.15, 0.2) is 5.78 Å². The maximum atomic E-state index is 11.0. The van der Waals surface area contributed by atoms with Crippen molar-refractivity contribution in [2.45, 2.75) is 45.8 Å². The second-order valence-electron chi connectivity index (χ2n) is 2.94. The second kappa shape index (κ2) is 6.14. The van der Waals surface area contributed by atoms with Gasteiger partial charge in [0.25, 0.3) is 0 Å². The molecule has 0 heterocycles. The van der Waals surface area contributed by atoms with E-state index in [1.807, 2.05) is 13.8 Å². The van der Waals surface area contributed by atoms with Gasteiger partial charge < -0.3 is 10.5 Å².